The fraction of sp³-hybridized carbons (Fsp3) is 0.658. The van der Waals surface area contributed by atoms with Gasteiger partial charge < -0.3 is 9.84 Å². The van der Waals surface area contributed by atoms with Gasteiger partial charge in [-0.3, -0.25) is 9.59 Å². The summed E-state index contributed by atoms with van der Waals surface area (Å²) in [6, 6.07) is 7.89. The molecular formula is C38H50O5. The number of carbonyl (C=O) groups is 3. The van der Waals surface area contributed by atoms with Gasteiger partial charge in [0, 0.05) is 6.42 Å². The van der Waals surface area contributed by atoms with E-state index in [1.54, 1.807) is 0 Å². The molecular weight excluding hydrogens is 536 g/mol. The third-order valence-electron chi connectivity index (χ3n) is 14.0. The third-order valence-corrected chi connectivity index (χ3v) is 14.0. The van der Waals surface area contributed by atoms with E-state index in [0.29, 0.717) is 23.8 Å². The van der Waals surface area contributed by atoms with E-state index in [1.807, 2.05) is 12.1 Å². The number of ketones is 1. The number of benzene rings is 1. The molecule has 1 N–H and O–H groups in total. The first-order chi connectivity index (χ1) is 20.1. The van der Waals surface area contributed by atoms with Crippen LogP contribution in [0, 0.1) is 50.7 Å². The predicted octanol–water partition coefficient (Wildman–Crippen LogP) is 8.53. The van der Waals surface area contributed by atoms with Crippen LogP contribution < -0.4 is 0 Å². The summed E-state index contributed by atoms with van der Waals surface area (Å²) < 4.78 is 4.91. The normalized spacial score (nSPS) is 39.8. The summed E-state index contributed by atoms with van der Waals surface area (Å²) >= 11 is 0. The van der Waals surface area contributed by atoms with Crippen LogP contribution in [0.25, 0.3) is 5.57 Å². The van der Waals surface area contributed by atoms with Crippen LogP contribution in [0.3, 0.4) is 0 Å². The number of esters is 1. The van der Waals surface area contributed by atoms with E-state index in [0.717, 1.165) is 49.7 Å². The molecule has 0 amide bonds. The first-order valence-corrected chi connectivity index (χ1v) is 16.5. The van der Waals surface area contributed by atoms with Gasteiger partial charge in [-0.15, -0.1) is 0 Å². The van der Waals surface area contributed by atoms with Crippen molar-refractivity contribution in [1.82, 2.24) is 0 Å². The largest absolute Gasteiger partial charge is 0.481 e. The Kier molecular flexibility index (Phi) is 6.81. The van der Waals surface area contributed by atoms with Crippen LogP contribution in [-0.4, -0.2) is 29.9 Å². The van der Waals surface area contributed by atoms with Gasteiger partial charge in [-0.1, -0.05) is 66.7 Å². The maximum Gasteiger partial charge on any atom is 0.337 e. The van der Waals surface area contributed by atoms with Crippen molar-refractivity contribution >= 4 is 23.3 Å². The van der Waals surface area contributed by atoms with E-state index in [2.05, 4.69) is 66.7 Å². The van der Waals surface area contributed by atoms with Crippen LogP contribution in [-0.2, 0) is 14.3 Å². The molecule has 0 bridgehead atoms. The summed E-state index contributed by atoms with van der Waals surface area (Å²) in [5, 5.41) is 10.6. The lowest BCUT2D eigenvalue weighted by Gasteiger charge is -2.71. The van der Waals surface area contributed by atoms with Crippen molar-refractivity contribution in [2.75, 3.05) is 7.11 Å². The Bertz CT molecular complexity index is 1440. The van der Waals surface area contributed by atoms with Crippen LogP contribution in [0.15, 0.2) is 41.5 Å². The number of carboxylic acid groups (broad SMARTS) is 1. The molecule has 3 saturated carbocycles. The number of hydrogen-bond acceptors (Lipinski definition) is 4. The number of aliphatic carboxylic acids is 1. The lowest BCUT2D eigenvalue weighted by Crippen LogP contribution is -2.64. The second-order valence-corrected chi connectivity index (χ2v) is 16.2. The molecule has 1 aromatic rings. The van der Waals surface area contributed by atoms with E-state index in [1.165, 1.54) is 18.2 Å². The standard InChI is InChI=1S/C38H50O5/c1-22(2)30-27(39)21-38(33(41)42)20-19-36(6)26(31(30)38)13-14-29-35(5)17-15-25(23-9-11-24(12-10-23)32(40)43-8)34(3,4)28(35)16-18-37(29,36)7/h9-12,15,22,26,28-29H,13-14,16-21H2,1-8H3,(H,41,42)/t26-,28+,29-,35+,36-,37-,38-/m1/s1. The van der Waals surface area contributed by atoms with Crippen molar-refractivity contribution in [3.63, 3.8) is 0 Å². The number of hydrogen-bond donors (Lipinski definition) is 1. The second-order valence-electron chi connectivity index (χ2n) is 16.2. The van der Waals surface area contributed by atoms with Gasteiger partial charge in [0.05, 0.1) is 18.1 Å². The first kappa shape index (κ1) is 30.3. The van der Waals surface area contributed by atoms with Crippen molar-refractivity contribution in [2.24, 2.45) is 50.7 Å². The molecule has 5 nitrogen and oxygen atoms in total. The molecule has 0 heterocycles. The van der Waals surface area contributed by atoms with Gasteiger partial charge in [-0.2, -0.15) is 0 Å². The highest BCUT2D eigenvalue weighted by Gasteiger charge is 2.70. The topological polar surface area (TPSA) is 80.7 Å². The molecule has 6 rings (SSSR count). The van der Waals surface area contributed by atoms with Crippen LogP contribution in [0.2, 0.25) is 0 Å². The minimum absolute atomic E-state index is 0.0326. The van der Waals surface area contributed by atoms with E-state index in [4.69, 9.17) is 4.74 Å². The molecule has 7 atom stereocenters. The van der Waals surface area contributed by atoms with Gasteiger partial charge in [0.1, 0.15) is 0 Å². The van der Waals surface area contributed by atoms with E-state index in [9.17, 15) is 19.5 Å². The average Bonchev–Trinajstić information content (AvgIpc) is 3.26. The van der Waals surface area contributed by atoms with Gasteiger partial charge in [0.25, 0.3) is 0 Å². The zero-order valence-corrected chi connectivity index (χ0v) is 27.4. The fourth-order valence-electron chi connectivity index (χ4n) is 11.9. The minimum atomic E-state index is -1.00. The second kappa shape index (κ2) is 9.65. The number of Topliss-reactive ketones (excluding diaryl/α,β-unsaturated/α-hetero) is 1. The Labute approximate surface area is 257 Å². The quantitative estimate of drug-likeness (QED) is 0.358. The third kappa shape index (κ3) is 3.84. The van der Waals surface area contributed by atoms with Gasteiger partial charge in [0.15, 0.2) is 5.78 Å². The molecule has 5 aliphatic carbocycles. The van der Waals surface area contributed by atoms with Gasteiger partial charge in [-0.25, -0.2) is 4.79 Å². The van der Waals surface area contributed by atoms with Gasteiger partial charge in [-0.05, 0) is 125 Å². The molecule has 232 valence electrons. The Morgan fingerprint density at radius 3 is 2.19 bits per heavy atom. The van der Waals surface area contributed by atoms with E-state index >= 15 is 0 Å². The van der Waals surface area contributed by atoms with Crippen LogP contribution >= 0.6 is 0 Å². The summed E-state index contributed by atoms with van der Waals surface area (Å²) in [6.45, 7) is 16.5. The number of fused-ring (bicyclic) bond motifs is 7. The van der Waals surface area contributed by atoms with Crippen LogP contribution in [0.1, 0.15) is 116 Å². The number of carboxylic acids is 1. The molecule has 0 unspecified atom stereocenters. The molecule has 43 heavy (non-hydrogen) atoms. The fourth-order valence-corrected chi connectivity index (χ4v) is 11.9. The maximum atomic E-state index is 13.4. The molecule has 0 saturated heterocycles. The molecule has 5 aliphatic rings. The number of carbonyl (C=O) groups excluding carboxylic acids is 2. The van der Waals surface area contributed by atoms with Gasteiger partial charge in [0.2, 0.25) is 0 Å². The van der Waals surface area contributed by atoms with Crippen LogP contribution in [0.5, 0.6) is 0 Å². The monoisotopic (exact) mass is 586 g/mol. The highest BCUT2D eigenvalue weighted by Crippen LogP contribution is 2.76. The Morgan fingerprint density at radius 1 is 0.907 bits per heavy atom. The van der Waals surface area contributed by atoms with Crippen molar-refractivity contribution in [3.05, 3.63) is 52.6 Å². The van der Waals surface area contributed by atoms with Crippen molar-refractivity contribution in [3.8, 4) is 0 Å². The van der Waals surface area contributed by atoms with E-state index < -0.39 is 11.4 Å². The van der Waals surface area contributed by atoms with Crippen molar-refractivity contribution in [2.45, 2.75) is 99.8 Å². The number of ether oxygens (including phenoxy) is 1. The molecule has 1 aromatic carbocycles. The molecule has 5 heteroatoms. The molecule has 0 aromatic heterocycles. The lowest BCUT2D eigenvalue weighted by molar-refractivity contribution is -0.199. The van der Waals surface area contributed by atoms with Gasteiger partial charge >= 0.3 is 11.9 Å². The zero-order chi connectivity index (χ0) is 31.3. The Hall–Kier alpha value is -2.69. The summed E-state index contributed by atoms with van der Waals surface area (Å²) in [4.78, 5) is 38.4. The predicted molar refractivity (Wildman–Crippen MR) is 168 cm³/mol. The summed E-state index contributed by atoms with van der Waals surface area (Å²) in [5.41, 5.74) is 4.10. The Balaban J connectivity index is 1.39. The maximum absolute atomic E-state index is 13.4. The molecule has 0 radical (unpaired) electrons. The summed E-state index contributed by atoms with van der Waals surface area (Å²) in [5.74, 6) is 0.213. The smallest absolute Gasteiger partial charge is 0.337 e. The molecule has 0 aliphatic heterocycles. The number of rotatable bonds is 4. The highest BCUT2D eigenvalue weighted by atomic mass is 16.5. The van der Waals surface area contributed by atoms with Crippen LogP contribution in [0.4, 0.5) is 0 Å². The minimum Gasteiger partial charge on any atom is -0.481 e. The average molecular weight is 587 g/mol. The van der Waals surface area contributed by atoms with E-state index in [-0.39, 0.29) is 51.7 Å². The van der Waals surface area contributed by atoms with Crippen molar-refractivity contribution in [1.29, 1.82) is 0 Å². The highest BCUT2D eigenvalue weighted by molar-refractivity contribution is 6.05. The summed E-state index contributed by atoms with van der Waals surface area (Å²) in [7, 11) is 1.41. The summed E-state index contributed by atoms with van der Waals surface area (Å²) in [6.07, 6.45) is 9.41. The lowest BCUT2D eigenvalue weighted by atomic mass is 9.33. The van der Waals surface area contributed by atoms with Crippen molar-refractivity contribution < 1.29 is 24.2 Å². The zero-order valence-electron chi connectivity index (χ0n) is 27.4. The number of allylic oxidation sites excluding steroid dienone is 3. The molecule has 0 spiro atoms. The Morgan fingerprint density at radius 2 is 1.58 bits per heavy atom. The number of methoxy groups -OCH3 is 1. The molecule has 3 fully saturated rings. The SMILES string of the molecule is COC(=O)c1ccc(C2=CC[C@]3(C)[C@H]4CC[C@@H]5C6=C(C(C)C)C(=O)C[C@]6(C(=O)O)CC[C@@]5(C)[C@]4(C)CC[C@H]3C2(C)C)cc1. The first-order valence-electron chi connectivity index (χ1n) is 16.5.